The first-order valence-corrected chi connectivity index (χ1v) is 10.4. The van der Waals surface area contributed by atoms with Gasteiger partial charge in [0, 0.05) is 24.7 Å². The van der Waals surface area contributed by atoms with Gasteiger partial charge in [-0.2, -0.15) is 11.3 Å². The van der Waals surface area contributed by atoms with Crippen molar-refractivity contribution in [1.82, 2.24) is 10.2 Å². The highest BCUT2D eigenvalue weighted by molar-refractivity contribution is 7.07. The Kier molecular flexibility index (Phi) is 7.13. The van der Waals surface area contributed by atoms with E-state index >= 15 is 0 Å². The molecule has 2 aromatic rings. The first kappa shape index (κ1) is 20.1. The van der Waals surface area contributed by atoms with Gasteiger partial charge >= 0.3 is 0 Å². The predicted molar refractivity (Wildman–Crippen MR) is 109 cm³/mol. The number of aryl methyl sites for hydroxylation is 2. The number of halogens is 1. The number of amides is 1. The molecule has 3 rings (SSSR count). The number of nitrogens with one attached hydrogen (secondary N) is 1. The Labute approximate surface area is 169 Å². The van der Waals surface area contributed by atoms with Crippen LogP contribution >= 0.6 is 22.9 Å². The van der Waals surface area contributed by atoms with E-state index in [0.717, 1.165) is 42.5 Å². The monoisotopic (exact) mass is 408 g/mol. The Hall–Kier alpha value is -1.60. The number of carbonyl (C=O) groups excluding carboxylic acids is 1. The fourth-order valence-corrected chi connectivity index (χ4v) is 4.03. The highest BCUT2D eigenvalue weighted by Gasteiger charge is 2.23. The fraction of sp³-hybridized carbons (Fsp3) is 0.450. The highest BCUT2D eigenvalue weighted by atomic mass is 35.5. The molecule has 0 bridgehead atoms. The summed E-state index contributed by atoms with van der Waals surface area (Å²) in [6.07, 6.45) is 0. The maximum Gasteiger partial charge on any atom is 0.258 e. The van der Waals surface area contributed by atoms with E-state index in [0.29, 0.717) is 12.3 Å². The maximum atomic E-state index is 12.3. The molecular formula is C20H25ClN2O3S. The lowest BCUT2D eigenvalue weighted by atomic mass is 10.1. The number of benzene rings is 1. The van der Waals surface area contributed by atoms with Crippen LogP contribution in [0.15, 0.2) is 29.0 Å². The van der Waals surface area contributed by atoms with Gasteiger partial charge in [0.05, 0.1) is 19.3 Å². The van der Waals surface area contributed by atoms with E-state index in [-0.39, 0.29) is 18.6 Å². The second-order valence-electron chi connectivity index (χ2n) is 6.68. The largest absolute Gasteiger partial charge is 0.484 e. The van der Waals surface area contributed by atoms with Crippen molar-refractivity contribution >= 4 is 28.8 Å². The number of hydrogen-bond donors (Lipinski definition) is 1. The summed E-state index contributed by atoms with van der Waals surface area (Å²) >= 11 is 7.84. The molecule has 146 valence electrons. The predicted octanol–water partition coefficient (Wildman–Crippen LogP) is 3.59. The molecule has 2 heterocycles. The van der Waals surface area contributed by atoms with Crippen molar-refractivity contribution in [2.75, 3.05) is 39.5 Å². The summed E-state index contributed by atoms with van der Waals surface area (Å²) in [6.45, 7) is 7.59. The average molecular weight is 409 g/mol. The van der Waals surface area contributed by atoms with Gasteiger partial charge in [0.25, 0.3) is 5.91 Å². The molecule has 1 atom stereocenters. The number of carbonyl (C=O) groups is 1. The van der Waals surface area contributed by atoms with E-state index in [9.17, 15) is 4.79 Å². The van der Waals surface area contributed by atoms with Gasteiger partial charge < -0.3 is 14.8 Å². The van der Waals surface area contributed by atoms with Crippen molar-refractivity contribution in [3.63, 3.8) is 0 Å². The van der Waals surface area contributed by atoms with Crippen LogP contribution in [-0.4, -0.2) is 50.3 Å². The van der Waals surface area contributed by atoms with Crippen LogP contribution in [0.1, 0.15) is 22.7 Å². The van der Waals surface area contributed by atoms with Gasteiger partial charge in [-0.15, -0.1) is 0 Å². The van der Waals surface area contributed by atoms with Crippen LogP contribution < -0.4 is 10.1 Å². The zero-order valence-corrected chi connectivity index (χ0v) is 17.2. The average Bonchev–Trinajstić information content (AvgIpc) is 3.20. The third kappa shape index (κ3) is 5.45. The van der Waals surface area contributed by atoms with Crippen LogP contribution in [0, 0.1) is 13.8 Å². The quantitative estimate of drug-likeness (QED) is 0.760. The molecule has 1 fully saturated rings. The van der Waals surface area contributed by atoms with Gasteiger partial charge in [0.2, 0.25) is 0 Å². The fourth-order valence-electron chi connectivity index (χ4n) is 3.21. The number of morpholine rings is 1. The van der Waals surface area contributed by atoms with E-state index in [1.807, 2.05) is 26.0 Å². The molecule has 1 saturated heterocycles. The number of nitrogens with zero attached hydrogens (tertiary/aromatic N) is 1. The first-order valence-electron chi connectivity index (χ1n) is 9.04. The lowest BCUT2D eigenvalue weighted by Gasteiger charge is -2.34. The van der Waals surface area contributed by atoms with Crippen molar-refractivity contribution in [2.24, 2.45) is 0 Å². The lowest BCUT2D eigenvalue weighted by Crippen LogP contribution is -2.44. The molecule has 0 spiro atoms. The zero-order valence-electron chi connectivity index (χ0n) is 15.7. The molecule has 0 aliphatic carbocycles. The van der Waals surface area contributed by atoms with Crippen molar-refractivity contribution < 1.29 is 14.3 Å². The molecule has 1 amide bonds. The lowest BCUT2D eigenvalue weighted by molar-refractivity contribution is -0.123. The van der Waals surface area contributed by atoms with Gasteiger partial charge in [-0.1, -0.05) is 11.6 Å². The molecule has 27 heavy (non-hydrogen) atoms. The number of ether oxygens (including phenoxy) is 2. The molecular weight excluding hydrogens is 384 g/mol. The van der Waals surface area contributed by atoms with Crippen molar-refractivity contribution in [1.29, 1.82) is 0 Å². The molecule has 7 heteroatoms. The summed E-state index contributed by atoms with van der Waals surface area (Å²) < 4.78 is 11.1. The van der Waals surface area contributed by atoms with Gasteiger partial charge in [0.1, 0.15) is 5.75 Å². The smallest absolute Gasteiger partial charge is 0.258 e. The Bertz CT molecular complexity index is 738. The van der Waals surface area contributed by atoms with Crippen LogP contribution in [-0.2, 0) is 9.53 Å². The number of hydrogen-bond acceptors (Lipinski definition) is 5. The molecule has 1 aliphatic heterocycles. The Morgan fingerprint density at radius 3 is 2.67 bits per heavy atom. The summed E-state index contributed by atoms with van der Waals surface area (Å²) in [7, 11) is 0. The summed E-state index contributed by atoms with van der Waals surface area (Å²) in [6, 6.07) is 5.98. The van der Waals surface area contributed by atoms with E-state index in [1.54, 1.807) is 11.3 Å². The SMILES string of the molecule is Cc1cc(OCC(=O)NCC(c2ccsc2)N2CCOCC2)cc(C)c1Cl. The van der Waals surface area contributed by atoms with Crippen LogP contribution in [0.25, 0.3) is 0 Å². The Balaban J connectivity index is 1.54. The second-order valence-corrected chi connectivity index (χ2v) is 7.84. The minimum absolute atomic E-state index is 0.0139. The van der Waals surface area contributed by atoms with E-state index in [1.165, 1.54) is 5.56 Å². The van der Waals surface area contributed by atoms with Crippen LogP contribution in [0.4, 0.5) is 0 Å². The molecule has 0 saturated carbocycles. The topological polar surface area (TPSA) is 50.8 Å². The number of rotatable bonds is 7. The van der Waals surface area contributed by atoms with Crippen LogP contribution in [0.5, 0.6) is 5.75 Å². The standard InChI is InChI=1S/C20H25ClN2O3S/c1-14-9-17(10-15(2)20(14)21)26-12-19(24)22-11-18(16-3-8-27-13-16)23-4-6-25-7-5-23/h3,8-10,13,18H,4-7,11-12H2,1-2H3,(H,22,24). The second kappa shape index (κ2) is 9.55. The summed E-state index contributed by atoms with van der Waals surface area (Å²) in [5, 5.41) is 7.95. The van der Waals surface area contributed by atoms with Gasteiger partial charge in [0.15, 0.2) is 6.61 Å². The molecule has 1 aromatic heterocycles. The van der Waals surface area contributed by atoms with Crippen molar-refractivity contribution in [3.8, 4) is 5.75 Å². The molecule has 1 aromatic carbocycles. The highest BCUT2D eigenvalue weighted by Crippen LogP contribution is 2.26. The first-order chi connectivity index (χ1) is 13.0. The minimum Gasteiger partial charge on any atom is -0.484 e. The summed E-state index contributed by atoms with van der Waals surface area (Å²) in [4.78, 5) is 14.7. The molecule has 1 aliphatic rings. The van der Waals surface area contributed by atoms with E-state index in [4.69, 9.17) is 21.1 Å². The Morgan fingerprint density at radius 2 is 2.04 bits per heavy atom. The van der Waals surface area contributed by atoms with Crippen molar-refractivity contribution in [3.05, 3.63) is 50.7 Å². The molecule has 0 radical (unpaired) electrons. The van der Waals surface area contributed by atoms with Crippen LogP contribution in [0.2, 0.25) is 5.02 Å². The summed E-state index contributed by atoms with van der Waals surface area (Å²) in [5.41, 5.74) is 3.11. The Morgan fingerprint density at radius 1 is 1.33 bits per heavy atom. The minimum atomic E-state index is -0.131. The normalized spacial score (nSPS) is 16.1. The molecule has 5 nitrogen and oxygen atoms in total. The van der Waals surface area contributed by atoms with Gasteiger partial charge in [-0.25, -0.2) is 0 Å². The summed E-state index contributed by atoms with van der Waals surface area (Å²) in [5.74, 6) is 0.529. The van der Waals surface area contributed by atoms with E-state index in [2.05, 4.69) is 27.0 Å². The molecule has 1 unspecified atom stereocenters. The number of thiophene rings is 1. The van der Waals surface area contributed by atoms with E-state index < -0.39 is 0 Å². The van der Waals surface area contributed by atoms with Gasteiger partial charge in [-0.05, 0) is 59.5 Å². The van der Waals surface area contributed by atoms with Gasteiger partial charge in [-0.3, -0.25) is 9.69 Å². The van der Waals surface area contributed by atoms with Crippen molar-refractivity contribution in [2.45, 2.75) is 19.9 Å². The third-order valence-electron chi connectivity index (χ3n) is 4.69. The maximum absolute atomic E-state index is 12.3. The third-order valence-corrected chi connectivity index (χ3v) is 5.98. The van der Waals surface area contributed by atoms with Crippen LogP contribution in [0.3, 0.4) is 0 Å². The zero-order chi connectivity index (χ0) is 19.2. The molecule has 1 N–H and O–H groups in total.